The van der Waals surface area contributed by atoms with Crippen LogP contribution in [0.15, 0.2) is 12.4 Å². The third-order valence-corrected chi connectivity index (χ3v) is 2.47. The van der Waals surface area contributed by atoms with E-state index < -0.39 is 0 Å². The fourth-order valence-electron chi connectivity index (χ4n) is 1.53. The number of nitrogen functional groups attached to an aromatic ring is 1. The fraction of sp³-hybridized carbons (Fsp3) is 0.667. The van der Waals surface area contributed by atoms with Crippen molar-refractivity contribution in [3.05, 3.63) is 12.4 Å². The van der Waals surface area contributed by atoms with Crippen LogP contribution in [-0.2, 0) is 0 Å². The molecule has 0 spiro atoms. The number of aromatic nitrogens is 2. The van der Waals surface area contributed by atoms with Gasteiger partial charge in [-0.05, 0) is 19.8 Å². The van der Waals surface area contributed by atoms with Gasteiger partial charge in [0.1, 0.15) is 0 Å². The molecule has 1 heterocycles. The van der Waals surface area contributed by atoms with Crippen molar-refractivity contribution in [2.75, 3.05) is 5.73 Å². The van der Waals surface area contributed by atoms with Crippen molar-refractivity contribution in [3.8, 4) is 5.88 Å². The smallest absolute Gasteiger partial charge is 0.257 e. The van der Waals surface area contributed by atoms with Crippen LogP contribution in [-0.4, -0.2) is 16.1 Å². The predicted octanol–water partition coefficient (Wildman–Crippen LogP) is 2.80. The first-order valence-corrected chi connectivity index (χ1v) is 5.97. The number of hydrogen-bond donors (Lipinski definition) is 1. The Hall–Kier alpha value is -1.32. The summed E-state index contributed by atoms with van der Waals surface area (Å²) in [6.45, 7) is 4.25. The van der Waals surface area contributed by atoms with Crippen LogP contribution < -0.4 is 10.5 Å². The molecule has 2 N–H and O–H groups in total. The Morgan fingerprint density at radius 3 is 2.69 bits per heavy atom. The Kier molecular flexibility index (Phi) is 5.61. The first-order valence-electron chi connectivity index (χ1n) is 5.97. The van der Waals surface area contributed by atoms with E-state index in [1.54, 1.807) is 12.4 Å². The zero-order valence-electron chi connectivity index (χ0n) is 10.1. The molecule has 0 aliphatic rings. The molecule has 1 atom stereocenters. The number of unbranched alkanes of at least 4 members (excludes halogenated alkanes) is 3. The second-order valence-corrected chi connectivity index (χ2v) is 4.02. The van der Waals surface area contributed by atoms with Gasteiger partial charge in [-0.3, -0.25) is 0 Å². The monoisotopic (exact) mass is 223 g/mol. The zero-order chi connectivity index (χ0) is 11.8. The molecule has 0 aliphatic heterocycles. The van der Waals surface area contributed by atoms with Crippen LogP contribution in [0.25, 0.3) is 0 Å². The molecule has 90 valence electrons. The average Bonchev–Trinajstić information content (AvgIpc) is 2.28. The standard InChI is InChI=1S/C12H21N3O/c1-3-4-5-6-7-10(2)16-12-11(13)14-8-9-15-12/h8-10H,3-7H2,1-2H3,(H2,13,14). The lowest BCUT2D eigenvalue weighted by Crippen LogP contribution is -2.14. The summed E-state index contributed by atoms with van der Waals surface area (Å²) in [6.07, 6.45) is 9.34. The molecule has 0 aromatic carbocycles. The highest BCUT2D eigenvalue weighted by molar-refractivity contribution is 5.38. The number of ether oxygens (including phenoxy) is 1. The van der Waals surface area contributed by atoms with Gasteiger partial charge in [0.15, 0.2) is 5.82 Å². The van der Waals surface area contributed by atoms with E-state index >= 15 is 0 Å². The molecular formula is C12H21N3O. The van der Waals surface area contributed by atoms with Crippen molar-refractivity contribution < 1.29 is 4.74 Å². The third kappa shape index (κ3) is 4.47. The van der Waals surface area contributed by atoms with E-state index in [2.05, 4.69) is 16.9 Å². The van der Waals surface area contributed by atoms with E-state index in [-0.39, 0.29) is 6.10 Å². The maximum Gasteiger partial charge on any atom is 0.257 e. The summed E-state index contributed by atoms with van der Waals surface area (Å²) in [5.41, 5.74) is 5.65. The van der Waals surface area contributed by atoms with Gasteiger partial charge < -0.3 is 10.5 Å². The van der Waals surface area contributed by atoms with E-state index in [9.17, 15) is 0 Å². The minimum absolute atomic E-state index is 0.149. The second-order valence-electron chi connectivity index (χ2n) is 4.02. The lowest BCUT2D eigenvalue weighted by Gasteiger charge is -2.14. The molecular weight excluding hydrogens is 202 g/mol. The lowest BCUT2D eigenvalue weighted by molar-refractivity contribution is 0.199. The van der Waals surface area contributed by atoms with Crippen LogP contribution in [0.2, 0.25) is 0 Å². The SMILES string of the molecule is CCCCCCC(C)Oc1nccnc1N. The maximum absolute atomic E-state index is 5.65. The fourth-order valence-corrected chi connectivity index (χ4v) is 1.53. The van der Waals surface area contributed by atoms with Crippen LogP contribution in [0, 0.1) is 0 Å². The molecule has 4 nitrogen and oxygen atoms in total. The number of nitrogens with two attached hydrogens (primary N) is 1. The van der Waals surface area contributed by atoms with Gasteiger partial charge in [0.25, 0.3) is 5.88 Å². The highest BCUT2D eigenvalue weighted by atomic mass is 16.5. The highest BCUT2D eigenvalue weighted by Gasteiger charge is 2.07. The minimum Gasteiger partial charge on any atom is -0.472 e. The minimum atomic E-state index is 0.149. The Balaban J connectivity index is 2.28. The zero-order valence-corrected chi connectivity index (χ0v) is 10.1. The largest absolute Gasteiger partial charge is 0.472 e. The van der Waals surface area contributed by atoms with E-state index in [1.807, 2.05) is 6.92 Å². The van der Waals surface area contributed by atoms with E-state index in [1.165, 1.54) is 25.7 Å². The van der Waals surface area contributed by atoms with Crippen molar-refractivity contribution in [1.29, 1.82) is 0 Å². The van der Waals surface area contributed by atoms with Gasteiger partial charge in [0, 0.05) is 12.4 Å². The van der Waals surface area contributed by atoms with Gasteiger partial charge >= 0.3 is 0 Å². The maximum atomic E-state index is 5.65. The molecule has 0 fully saturated rings. The molecule has 4 heteroatoms. The molecule has 0 saturated heterocycles. The third-order valence-electron chi connectivity index (χ3n) is 2.47. The molecule has 0 amide bonds. The van der Waals surface area contributed by atoms with Gasteiger partial charge in [-0.25, -0.2) is 9.97 Å². The number of anilines is 1. The Bertz CT molecular complexity index is 304. The van der Waals surface area contributed by atoms with Gasteiger partial charge in [-0.2, -0.15) is 0 Å². The number of hydrogen-bond acceptors (Lipinski definition) is 4. The topological polar surface area (TPSA) is 61.0 Å². The van der Waals surface area contributed by atoms with E-state index in [0.29, 0.717) is 11.7 Å². The van der Waals surface area contributed by atoms with Crippen LogP contribution >= 0.6 is 0 Å². The normalized spacial score (nSPS) is 12.4. The van der Waals surface area contributed by atoms with Crippen LogP contribution in [0.4, 0.5) is 5.82 Å². The summed E-state index contributed by atoms with van der Waals surface area (Å²) in [5.74, 6) is 0.813. The molecule has 0 bridgehead atoms. The number of rotatable bonds is 7. The van der Waals surface area contributed by atoms with Crippen molar-refractivity contribution in [2.45, 2.75) is 52.1 Å². The quantitative estimate of drug-likeness (QED) is 0.722. The predicted molar refractivity (Wildman–Crippen MR) is 65.3 cm³/mol. The van der Waals surface area contributed by atoms with Crippen LogP contribution in [0.5, 0.6) is 5.88 Å². The van der Waals surface area contributed by atoms with Gasteiger partial charge in [-0.1, -0.05) is 26.2 Å². The average molecular weight is 223 g/mol. The molecule has 1 rings (SSSR count). The molecule has 1 aromatic heterocycles. The van der Waals surface area contributed by atoms with E-state index in [0.717, 1.165) is 6.42 Å². The molecule has 16 heavy (non-hydrogen) atoms. The summed E-state index contributed by atoms with van der Waals surface area (Å²) in [4.78, 5) is 7.99. The Morgan fingerprint density at radius 1 is 1.25 bits per heavy atom. The van der Waals surface area contributed by atoms with Crippen LogP contribution in [0.3, 0.4) is 0 Å². The summed E-state index contributed by atoms with van der Waals surface area (Å²) >= 11 is 0. The van der Waals surface area contributed by atoms with Gasteiger partial charge in [0.05, 0.1) is 6.10 Å². The van der Waals surface area contributed by atoms with Crippen molar-refractivity contribution in [3.63, 3.8) is 0 Å². The van der Waals surface area contributed by atoms with Gasteiger partial charge in [0.2, 0.25) is 0 Å². The molecule has 1 unspecified atom stereocenters. The van der Waals surface area contributed by atoms with Crippen LogP contribution in [0.1, 0.15) is 46.0 Å². The molecule has 1 aromatic rings. The summed E-state index contributed by atoms with van der Waals surface area (Å²) in [6, 6.07) is 0. The molecule has 0 radical (unpaired) electrons. The lowest BCUT2D eigenvalue weighted by atomic mass is 10.1. The Labute approximate surface area is 97.2 Å². The summed E-state index contributed by atoms with van der Waals surface area (Å²) < 4.78 is 5.63. The molecule has 0 aliphatic carbocycles. The van der Waals surface area contributed by atoms with Crippen molar-refractivity contribution >= 4 is 5.82 Å². The highest BCUT2D eigenvalue weighted by Crippen LogP contribution is 2.17. The first kappa shape index (κ1) is 12.7. The number of nitrogens with zero attached hydrogens (tertiary/aromatic N) is 2. The molecule has 0 saturated carbocycles. The van der Waals surface area contributed by atoms with Crippen molar-refractivity contribution in [2.24, 2.45) is 0 Å². The van der Waals surface area contributed by atoms with Crippen molar-refractivity contribution in [1.82, 2.24) is 9.97 Å². The Morgan fingerprint density at radius 2 is 2.00 bits per heavy atom. The first-order chi connectivity index (χ1) is 7.74. The second kappa shape index (κ2) is 7.04. The summed E-state index contributed by atoms with van der Waals surface area (Å²) in [7, 11) is 0. The summed E-state index contributed by atoms with van der Waals surface area (Å²) in [5, 5.41) is 0. The van der Waals surface area contributed by atoms with Gasteiger partial charge in [-0.15, -0.1) is 0 Å². The van der Waals surface area contributed by atoms with E-state index in [4.69, 9.17) is 10.5 Å².